The topological polar surface area (TPSA) is 35.8 Å². The highest BCUT2D eigenvalue weighted by Gasteiger charge is 2.05. The summed E-state index contributed by atoms with van der Waals surface area (Å²) in [5.74, 6) is 0. The van der Waals surface area contributed by atoms with E-state index in [0.717, 1.165) is 11.0 Å². The maximum atomic E-state index is 8.75. The van der Waals surface area contributed by atoms with E-state index in [1.165, 1.54) is 11.1 Å². The molecule has 3 heteroatoms. The van der Waals surface area contributed by atoms with Gasteiger partial charge in [0.15, 0.2) is 0 Å². The van der Waals surface area contributed by atoms with Gasteiger partial charge in [-0.2, -0.15) is 5.26 Å². The summed E-state index contributed by atoms with van der Waals surface area (Å²) >= 11 is 3.48. The highest BCUT2D eigenvalue weighted by molar-refractivity contribution is 9.10. The monoisotopic (exact) mass is 314 g/mol. The second-order valence-corrected chi connectivity index (χ2v) is 5.38. The first kappa shape index (κ1) is 13.8. The van der Waals surface area contributed by atoms with Crippen molar-refractivity contribution in [1.29, 1.82) is 5.26 Å². The van der Waals surface area contributed by atoms with E-state index < -0.39 is 0 Å². The van der Waals surface area contributed by atoms with Gasteiger partial charge in [0.1, 0.15) is 0 Å². The van der Waals surface area contributed by atoms with Crippen LogP contribution < -0.4 is 5.32 Å². The van der Waals surface area contributed by atoms with Gasteiger partial charge in [-0.25, -0.2) is 0 Å². The number of nitrogens with zero attached hydrogens (tertiary/aromatic N) is 1. The molecule has 0 aliphatic rings. The fraction of sp³-hybridized carbons (Fsp3) is 0.188. The van der Waals surface area contributed by atoms with Crippen LogP contribution in [0.2, 0.25) is 0 Å². The normalized spacial score (nSPS) is 11.8. The van der Waals surface area contributed by atoms with Gasteiger partial charge in [0.05, 0.1) is 11.6 Å². The van der Waals surface area contributed by atoms with Crippen LogP contribution in [0.4, 0.5) is 0 Å². The largest absolute Gasteiger partial charge is 0.306 e. The number of hydrogen-bond donors (Lipinski definition) is 1. The van der Waals surface area contributed by atoms with Crippen LogP contribution in [0.15, 0.2) is 53.0 Å². The van der Waals surface area contributed by atoms with Gasteiger partial charge < -0.3 is 5.32 Å². The van der Waals surface area contributed by atoms with Gasteiger partial charge in [-0.15, -0.1) is 0 Å². The minimum absolute atomic E-state index is 0.285. The van der Waals surface area contributed by atoms with Crippen LogP contribution in [0.5, 0.6) is 0 Å². The quantitative estimate of drug-likeness (QED) is 0.919. The first-order valence-corrected chi connectivity index (χ1v) is 6.96. The van der Waals surface area contributed by atoms with Crippen molar-refractivity contribution in [2.75, 3.05) is 0 Å². The molecule has 0 bridgehead atoms. The first-order chi connectivity index (χ1) is 9.19. The Labute approximate surface area is 122 Å². The predicted molar refractivity (Wildman–Crippen MR) is 80.6 cm³/mol. The Morgan fingerprint density at radius 3 is 2.58 bits per heavy atom. The second kappa shape index (κ2) is 6.51. The van der Waals surface area contributed by atoms with Gasteiger partial charge in [0, 0.05) is 17.1 Å². The minimum Gasteiger partial charge on any atom is -0.306 e. The van der Waals surface area contributed by atoms with Crippen LogP contribution >= 0.6 is 15.9 Å². The van der Waals surface area contributed by atoms with E-state index >= 15 is 0 Å². The Bertz CT molecular complexity index is 584. The number of benzene rings is 2. The van der Waals surface area contributed by atoms with Gasteiger partial charge >= 0.3 is 0 Å². The van der Waals surface area contributed by atoms with Crippen LogP contribution in [0.3, 0.4) is 0 Å². The zero-order valence-electron chi connectivity index (χ0n) is 10.7. The molecule has 0 aromatic heterocycles. The van der Waals surface area contributed by atoms with Gasteiger partial charge in [-0.1, -0.05) is 40.2 Å². The summed E-state index contributed by atoms with van der Waals surface area (Å²) in [4.78, 5) is 0. The van der Waals surface area contributed by atoms with Crippen molar-refractivity contribution in [3.05, 3.63) is 69.7 Å². The lowest BCUT2D eigenvalue weighted by molar-refractivity contribution is 0.574. The molecule has 1 unspecified atom stereocenters. The third-order valence-corrected chi connectivity index (χ3v) is 3.54. The molecule has 0 heterocycles. The summed E-state index contributed by atoms with van der Waals surface area (Å²) in [6.45, 7) is 2.94. The van der Waals surface area contributed by atoms with Crippen LogP contribution in [0.1, 0.15) is 29.7 Å². The molecule has 2 aromatic carbocycles. The van der Waals surface area contributed by atoms with E-state index in [1.54, 1.807) is 0 Å². The van der Waals surface area contributed by atoms with Gasteiger partial charge in [0.25, 0.3) is 0 Å². The summed E-state index contributed by atoms with van der Waals surface area (Å²) < 4.78 is 1.09. The number of nitriles is 1. The molecule has 96 valence electrons. The van der Waals surface area contributed by atoms with E-state index in [9.17, 15) is 0 Å². The lowest BCUT2D eigenvalue weighted by Gasteiger charge is -2.14. The minimum atomic E-state index is 0.285. The molecule has 2 nitrogen and oxygen atoms in total. The Hall–Kier alpha value is -1.63. The van der Waals surface area contributed by atoms with Crippen LogP contribution in [-0.4, -0.2) is 0 Å². The van der Waals surface area contributed by atoms with Crippen LogP contribution in [0.25, 0.3) is 0 Å². The zero-order valence-corrected chi connectivity index (χ0v) is 12.3. The Morgan fingerprint density at radius 2 is 1.95 bits per heavy atom. The molecule has 0 aliphatic heterocycles. The lowest BCUT2D eigenvalue weighted by atomic mass is 10.1. The highest BCUT2D eigenvalue weighted by Crippen LogP contribution is 2.18. The number of nitrogens with one attached hydrogen (secondary N) is 1. The Morgan fingerprint density at radius 1 is 1.21 bits per heavy atom. The summed E-state index contributed by atoms with van der Waals surface area (Å²) in [5, 5.41) is 12.2. The Kier molecular flexibility index (Phi) is 4.73. The second-order valence-electron chi connectivity index (χ2n) is 4.47. The highest BCUT2D eigenvalue weighted by atomic mass is 79.9. The van der Waals surface area contributed by atoms with Crippen molar-refractivity contribution in [3.8, 4) is 6.07 Å². The SMILES string of the molecule is CC(NCc1ccc(C#N)cc1)c1cccc(Br)c1. The van der Waals surface area contributed by atoms with Crippen molar-refractivity contribution in [2.24, 2.45) is 0 Å². The molecule has 1 atom stereocenters. The molecule has 0 aliphatic carbocycles. The third-order valence-electron chi connectivity index (χ3n) is 3.04. The maximum absolute atomic E-state index is 8.75. The van der Waals surface area contributed by atoms with Gasteiger partial charge in [-0.05, 0) is 42.3 Å². The molecule has 0 saturated heterocycles. The van der Waals surface area contributed by atoms with E-state index in [4.69, 9.17) is 5.26 Å². The molecule has 19 heavy (non-hydrogen) atoms. The van der Waals surface area contributed by atoms with E-state index in [1.807, 2.05) is 36.4 Å². The van der Waals surface area contributed by atoms with Crippen LogP contribution in [0, 0.1) is 11.3 Å². The molecular formula is C16H15BrN2. The predicted octanol–water partition coefficient (Wildman–Crippen LogP) is 4.17. The summed E-state index contributed by atoms with van der Waals surface area (Å²) in [5.41, 5.74) is 3.13. The average molecular weight is 315 g/mol. The third kappa shape index (κ3) is 3.92. The van der Waals surface area contributed by atoms with Crippen molar-refractivity contribution >= 4 is 15.9 Å². The summed E-state index contributed by atoms with van der Waals surface area (Å²) in [6, 6.07) is 18.4. The fourth-order valence-corrected chi connectivity index (χ4v) is 2.28. The van der Waals surface area contributed by atoms with Gasteiger partial charge in [-0.3, -0.25) is 0 Å². The van der Waals surface area contributed by atoms with E-state index in [2.05, 4.69) is 46.4 Å². The molecule has 0 saturated carbocycles. The molecule has 0 fully saturated rings. The summed E-state index contributed by atoms with van der Waals surface area (Å²) in [6.07, 6.45) is 0. The number of halogens is 1. The van der Waals surface area contributed by atoms with Crippen molar-refractivity contribution < 1.29 is 0 Å². The summed E-state index contributed by atoms with van der Waals surface area (Å²) in [7, 11) is 0. The molecular weight excluding hydrogens is 300 g/mol. The van der Waals surface area contributed by atoms with Crippen molar-refractivity contribution in [2.45, 2.75) is 19.5 Å². The van der Waals surface area contributed by atoms with Crippen molar-refractivity contribution in [3.63, 3.8) is 0 Å². The molecule has 0 amide bonds. The molecule has 1 N–H and O–H groups in total. The first-order valence-electron chi connectivity index (χ1n) is 6.17. The lowest BCUT2D eigenvalue weighted by Crippen LogP contribution is -2.18. The number of hydrogen-bond acceptors (Lipinski definition) is 2. The molecule has 0 spiro atoms. The van der Waals surface area contributed by atoms with Gasteiger partial charge in [0.2, 0.25) is 0 Å². The molecule has 2 aromatic rings. The van der Waals surface area contributed by atoms with Crippen LogP contribution in [-0.2, 0) is 6.54 Å². The molecule has 0 radical (unpaired) electrons. The zero-order chi connectivity index (χ0) is 13.7. The average Bonchev–Trinajstić information content (AvgIpc) is 2.45. The smallest absolute Gasteiger partial charge is 0.0991 e. The Balaban J connectivity index is 1.96. The fourth-order valence-electron chi connectivity index (χ4n) is 1.86. The van der Waals surface area contributed by atoms with E-state index in [0.29, 0.717) is 5.56 Å². The number of rotatable bonds is 4. The van der Waals surface area contributed by atoms with E-state index in [-0.39, 0.29) is 6.04 Å². The maximum Gasteiger partial charge on any atom is 0.0991 e. The molecule has 2 rings (SSSR count). The van der Waals surface area contributed by atoms with Crippen molar-refractivity contribution in [1.82, 2.24) is 5.32 Å². The standard InChI is InChI=1S/C16H15BrN2/c1-12(15-3-2-4-16(17)9-15)19-11-14-7-5-13(10-18)6-8-14/h2-9,12,19H,11H2,1H3.